The second kappa shape index (κ2) is 8.62. The number of likely N-dealkylation sites (tertiary alicyclic amines) is 1. The Kier molecular flexibility index (Phi) is 6.80. The molecule has 1 aromatic heterocycles. The molecular formula is C18H32N4O2. The van der Waals surface area contributed by atoms with Crippen molar-refractivity contribution in [3.8, 4) is 0 Å². The number of aryl methyl sites for hydroxylation is 2. The van der Waals surface area contributed by atoms with E-state index >= 15 is 0 Å². The Morgan fingerprint density at radius 2 is 2.12 bits per heavy atom. The zero-order valence-corrected chi connectivity index (χ0v) is 15.8. The maximum Gasteiger partial charge on any atom is 0.240 e. The molecule has 1 saturated heterocycles. The number of ether oxygens (including phenoxy) is 1. The third-order valence-corrected chi connectivity index (χ3v) is 5.19. The smallest absolute Gasteiger partial charge is 0.240 e. The van der Waals surface area contributed by atoms with E-state index in [0.717, 1.165) is 42.9 Å². The van der Waals surface area contributed by atoms with E-state index in [2.05, 4.69) is 23.8 Å². The third kappa shape index (κ3) is 4.16. The van der Waals surface area contributed by atoms with E-state index in [0.29, 0.717) is 19.7 Å². The molecule has 1 aliphatic heterocycles. The molecule has 1 amide bonds. The van der Waals surface area contributed by atoms with Crippen LogP contribution in [-0.4, -0.2) is 64.9 Å². The van der Waals surface area contributed by atoms with Gasteiger partial charge in [-0.3, -0.25) is 14.4 Å². The van der Waals surface area contributed by atoms with Crippen LogP contribution in [0.2, 0.25) is 0 Å². The van der Waals surface area contributed by atoms with Crippen LogP contribution in [0.3, 0.4) is 0 Å². The highest BCUT2D eigenvalue weighted by Gasteiger charge is 2.31. The number of amides is 1. The van der Waals surface area contributed by atoms with Crippen LogP contribution in [0, 0.1) is 13.8 Å². The van der Waals surface area contributed by atoms with Crippen LogP contribution in [-0.2, 0) is 23.1 Å². The minimum atomic E-state index is 0.0119. The molecule has 6 heteroatoms. The molecule has 6 nitrogen and oxygen atoms in total. The highest BCUT2D eigenvalue weighted by Crippen LogP contribution is 2.21. The van der Waals surface area contributed by atoms with Gasteiger partial charge in [0.15, 0.2) is 0 Å². The summed E-state index contributed by atoms with van der Waals surface area (Å²) in [6, 6.07) is 0.0119. The van der Waals surface area contributed by atoms with Gasteiger partial charge in [0.05, 0.1) is 18.3 Å². The van der Waals surface area contributed by atoms with Crippen molar-refractivity contribution in [2.75, 3.05) is 33.4 Å². The van der Waals surface area contributed by atoms with E-state index in [-0.39, 0.29) is 11.9 Å². The van der Waals surface area contributed by atoms with Gasteiger partial charge in [0.1, 0.15) is 0 Å². The van der Waals surface area contributed by atoms with Gasteiger partial charge in [0.25, 0.3) is 0 Å². The van der Waals surface area contributed by atoms with E-state index < -0.39 is 0 Å². The normalized spacial score (nSPS) is 18.8. The van der Waals surface area contributed by atoms with Gasteiger partial charge >= 0.3 is 0 Å². The number of hydrogen-bond acceptors (Lipinski definition) is 4. The first-order valence-corrected chi connectivity index (χ1v) is 9.00. The van der Waals surface area contributed by atoms with Crippen LogP contribution in [0.4, 0.5) is 0 Å². The molecule has 1 atom stereocenters. The second-order valence-corrected chi connectivity index (χ2v) is 6.67. The van der Waals surface area contributed by atoms with Crippen molar-refractivity contribution in [2.45, 2.75) is 52.6 Å². The third-order valence-electron chi connectivity index (χ3n) is 5.19. The predicted molar refractivity (Wildman–Crippen MR) is 94.9 cm³/mol. The Morgan fingerprint density at radius 1 is 1.38 bits per heavy atom. The average Bonchev–Trinajstić information content (AvgIpc) is 2.83. The van der Waals surface area contributed by atoms with Crippen molar-refractivity contribution >= 4 is 5.91 Å². The molecule has 136 valence electrons. The van der Waals surface area contributed by atoms with Crippen LogP contribution in [0.15, 0.2) is 0 Å². The molecule has 0 bridgehead atoms. The second-order valence-electron chi connectivity index (χ2n) is 6.67. The lowest BCUT2D eigenvalue weighted by molar-refractivity contribution is -0.139. The van der Waals surface area contributed by atoms with Gasteiger partial charge in [-0.05, 0) is 39.8 Å². The molecular weight excluding hydrogens is 304 g/mol. The lowest BCUT2D eigenvalue weighted by atomic mass is 10.0. The van der Waals surface area contributed by atoms with Crippen molar-refractivity contribution in [3.63, 3.8) is 0 Å². The summed E-state index contributed by atoms with van der Waals surface area (Å²) in [4.78, 5) is 17.5. The molecule has 24 heavy (non-hydrogen) atoms. The summed E-state index contributed by atoms with van der Waals surface area (Å²) in [5.41, 5.74) is 3.28. The number of piperidine rings is 1. The van der Waals surface area contributed by atoms with Crippen molar-refractivity contribution in [2.24, 2.45) is 7.05 Å². The van der Waals surface area contributed by atoms with Gasteiger partial charge in [-0.25, -0.2) is 0 Å². The highest BCUT2D eigenvalue weighted by molar-refractivity contribution is 5.82. The fourth-order valence-corrected chi connectivity index (χ4v) is 3.57. The fraction of sp³-hybridized carbons (Fsp3) is 0.778. The minimum Gasteiger partial charge on any atom is -0.383 e. The Morgan fingerprint density at radius 3 is 2.71 bits per heavy atom. The van der Waals surface area contributed by atoms with Crippen LogP contribution in [0.5, 0.6) is 0 Å². The van der Waals surface area contributed by atoms with Gasteiger partial charge in [-0.15, -0.1) is 0 Å². The van der Waals surface area contributed by atoms with Crippen molar-refractivity contribution in [3.05, 3.63) is 17.0 Å². The van der Waals surface area contributed by atoms with Crippen LogP contribution in [0.25, 0.3) is 0 Å². The highest BCUT2D eigenvalue weighted by atomic mass is 16.5. The number of nitrogens with zero attached hydrogens (tertiary/aromatic N) is 4. The summed E-state index contributed by atoms with van der Waals surface area (Å²) in [7, 11) is 3.63. The van der Waals surface area contributed by atoms with Crippen molar-refractivity contribution < 1.29 is 9.53 Å². The topological polar surface area (TPSA) is 50.6 Å². The van der Waals surface area contributed by atoms with Crippen molar-refractivity contribution in [1.29, 1.82) is 0 Å². The molecule has 1 fully saturated rings. The first kappa shape index (κ1) is 18.9. The van der Waals surface area contributed by atoms with Gasteiger partial charge in [0.2, 0.25) is 5.91 Å². The Balaban J connectivity index is 2.18. The Hall–Kier alpha value is -1.40. The average molecular weight is 336 g/mol. The van der Waals surface area contributed by atoms with Gasteiger partial charge in [0, 0.05) is 38.5 Å². The van der Waals surface area contributed by atoms with Gasteiger partial charge < -0.3 is 9.64 Å². The first-order valence-electron chi connectivity index (χ1n) is 9.00. The first-order chi connectivity index (χ1) is 11.5. The maximum atomic E-state index is 13.2. The van der Waals surface area contributed by atoms with E-state index in [1.54, 1.807) is 7.11 Å². The van der Waals surface area contributed by atoms with E-state index in [4.69, 9.17) is 4.74 Å². The molecule has 0 aliphatic carbocycles. The number of aromatic nitrogens is 2. The van der Waals surface area contributed by atoms with Crippen LogP contribution >= 0.6 is 0 Å². The van der Waals surface area contributed by atoms with Crippen LogP contribution < -0.4 is 0 Å². The number of likely N-dealkylation sites (N-methyl/N-ethyl adjacent to an activating group) is 1. The lowest BCUT2D eigenvalue weighted by Gasteiger charge is -2.37. The summed E-state index contributed by atoms with van der Waals surface area (Å²) in [5, 5.41) is 4.48. The number of carbonyl (C=O) groups is 1. The number of hydrogen-bond donors (Lipinski definition) is 0. The SMILES string of the molecule is CCN1CCCCC1C(=O)N(CCOC)Cc1c(C)nn(C)c1C. The quantitative estimate of drug-likeness (QED) is 0.763. The molecule has 1 aliphatic rings. The zero-order valence-electron chi connectivity index (χ0n) is 15.8. The van der Waals surface area contributed by atoms with Crippen molar-refractivity contribution in [1.82, 2.24) is 19.6 Å². The van der Waals surface area contributed by atoms with E-state index in [1.807, 2.05) is 23.6 Å². The Labute approximate surface area is 145 Å². The van der Waals surface area contributed by atoms with E-state index in [9.17, 15) is 4.79 Å². The lowest BCUT2D eigenvalue weighted by Crippen LogP contribution is -2.51. The molecule has 2 rings (SSSR count). The number of carbonyl (C=O) groups excluding carboxylic acids is 1. The fourth-order valence-electron chi connectivity index (χ4n) is 3.57. The Bertz CT molecular complexity index is 555. The number of methoxy groups -OCH3 is 1. The van der Waals surface area contributed by atoms with Gasteiger partial charge in [-0.1, -0.05) is 13.3 Å². The summed E-state index contributed by atoms with van der Waals surface area (Å²) < 4.78 is 7.13. The molecule has 1 aromatic rings. The van der Waals surface area contributed by atoms with Crippen LogP contribution in [0.1, 0.15) is 43.1 Å². The summed E-state index contributed by atoms with van der Waals surface area (Å²) in [6.45, 7) is 9.96. The molecule has 0 aromatic carbocycles. The molecule has 1 unspecified atom stereocenters. The summed E-state index contributed by atoms with van der Waals surface area (Å²) in [6.07, 6.45) is 3.29. The molecule has 2 heterocycles. The van der Waals surface area contributed by atoms with E-state index in [1.165, 1.54) is 6.42 Å². The molecule has 0 saturated carbocycles. The monoisotopic (exact) mass is 336 g/mol. The maximum absolute atomic E-state index is 13.2. The molecule has 0 radical (unpaired) electrons. The number of rotatable bonds is 7. The predicted octanol–water partition coefficient (Wildman–Crippen LogP) is 1.89. The zero-order chi connectivity index (χ0) is 17.7. The summed E-state index contributed by atoms with van der Waals surface area (Å²) >= 11 is 0. The summed E-state index contributed by atoms with van der Waals surface area (Å²) in [5.74, 6) is 0.233. The minimum absolute atomic E-state index is 0.0119. The van der Waals surface area contributed by atoms with Gasteiger partial charge in [-0.2, -0.15) is 5.10 Å². The molecule has 0 N–H and O–H groups in total. The standard InChI is InChI=1S/C18H32N4O2/c1-6-21-10-8-7-9-17(21)18(23)22(11-12-24-5)13-16-14(2)19-20(4)15(16)3/h17H,6-13H2,1-5H3. The molecule has 0 spiro atoms. The largest absolute Gasteiger partial charge is 0.383 e.